The number of sulfone groups is 1. The van der Waals surface area contributed by atoms with Crippen LogP contribution in [0.15, 0.2) is 94.7 Å². The number of nitriles is 1. The Labute approximate surface area is 152 Å². The Hall–Kier alpha value is -3.36. The zero-order chi connectivity index (χ0) is 18.4. The third kappa shape index (κ3) is 4.00. The predicted octanol–water partition coefficient (Wildman–Crippen LogP) is 4.82. The Balaban J connectivity index is 1.93. The molecule has 0 saturated heterocycles. The minimum atomic E-state index is -3.86. The molecule has 5 heteroatoms. The van der Waals surface area contributed by atoms with E-state index in [2.05, 4.69) is 0 Å². The van der Waals surface area contributed by atoms with Gasteiger partial charge in [0.1, 0.15) is 22.5 Å². The molecule has 0 aliphatic heterocycles. The van der Waals surface area contributed by atoms with Gasteiger partial charge in [-0.15, -0.1) is 0 Å². The fraction of sp³-hybridized carbons (Fsp3) is 0. The lowest BCUT2D eigenvalue weighted by Crippen LogP contribution is -2.03. The van der Waals surface area contributed by atoms with Gasteiger partial charge in [0.05, 0.1) is 4.90 Å². The van der Waals surface area contributed by atoms with Crippen LogP contribution in [-0.2, 0) is 9.84 Å². The van der Waals surface area contributed by atoms with Gasteiger partial charge in [-0.05, 0) is 48.0 Å². The highest BCUT2D eigenvalue weighted by Gasteiger charge is 2.20. The average Bonchev–Trinajstić information content (AvgIpc) is 2.68. The normalized spacial score (nSPS) is 11.6. The van der Waals surface area contributed by atoms with Crippen LogP contribution in [0.5, 0.6) is 11.5 Å². The first-order valence-electron chi connectivity index (χ1n) is 7.84. The molecule has 0 aromatic heterocycles. The fourth-order valence-electron chi connectivity index (χ4n) is 2.34. The van der Waals surface area contributed by atoms with Crippen LogP contribution in [0.25, 0.3) is 6.08 Å². The number of allylic oxidation sites excluding steroid dienone is 1. The minimum Gasteiger partial charge on any atom is -0.457 e. The SMILES string of the molecule is N#CC(=Cc1cccc(Oc2ccccc2)c1)S(=O)(=O)c1ccccc1. The molecule has 0 bridgehead atoms. The largest absolute Gasteiger partial charge is 0.457 e. The van der Waals surface area contributed by atoms with Crippen molar-refractivity contribution >= 4 is 15.9 Å². The molecule has 0 atom stereocenters. The number of rotatable bonds is 5. The van der Waals surface area contributed by atoms with Crippen LogP contribution in [0.4, 0.5) is 0 Å². The maximum absolute atomic E-state index is 12.6. The van der Waals surface area contributed by atoms with E-state index >= 15 is 0 Å². The lowest BCUT2D eigenvalue weighted by atomic mass is 10.2. The van der Waals surface area contributed by atoms with Gasteiger partial charge in [-0.2, -0.15) is 5.26 Å². The van der Waals surface area contributed by atoms with Crippen molar-refractivity contribution in [3.8, 4) is 17.6 Å². The monoisotopic (exact) mass is 361 g/mol. The second-order valence-electron chi connectivity index (χ2n) is 5.42. The first-order chi connectivity index (χ1) is 12.6. The van der Waals surface area contributed by atoms with E-state index in [0.717, 1.165) is 0 Å². The lowest BCUT2D eigenvalue weighted by molar-refractivity contribution is 0.482. The summed E-state index contributed by atoms with van der Waals surface area (Å²) >= 11 is 0. The molecular weight excluding hydrogens is 346 g/mol. The summed E-state index contributed by atoms with van der Waals surface area (Å²) in [5.41, 5.74) is 0.564. The molecule has 0 fully saturated rings. The quantitative estimate of drug-likeness (QED) is 0.611. The number of nitrogens with zero attached hydrogens (tertiary/aromatic N) is 1. The van der Waals surface area contributed by atoms with Crippen molar-refractivity contribution in [1.82, 2.24) is 0 Å². The van der Waals surface area contributed by atoms with Gasteiger partial charge in [-0.25, -0.2) is 8.42 Å². The molecule has 0 unspecified atom stereocenters. The molecular formula is C21H15NO3S. The van der Waals surface area contributed by atoms with Crippen molar-refractivity contribution in [3.05, 3.63) is 95.4 Å². The molecule has 0 aliphatic carbocycles. The van der Waals surface area contributed by atoms with Gasteiger partial charge in [-0.3, -0.25) is 0 Å². The number of benzene rings is 3. The summed E-state index contributed by atoms with van der Waals surface area (Å²) in [5.74, 6) is 1.23. The van der Waals surface area contributed by atoms with Crippen molar-refractivity contribution in [2.75, 3.05) is 0 Å². The van der Waals surface area contributed by atoms with Crippen LogP contribution in [0.3, 0.4) is 0 Å². The van der Waals surface area contributed by atoms with Crippen LogP contribution in [0.2, 0.25) is 0 Å². The van der Waals surface area contributed by atoms with Crippen LogP contribution in [0, 0.1) is 11.3 Å². The number of ether oxygens (including phenoxy) is 1. The molecule has 0 heterocycles. The standard InChI is InChI=1S/C21H15NO3S/c22-16-21(26(23,24)20-12-5-2-6-13-20)15-17-8-7-11-19(14-17)25-18-9-3-1-4-10-18/h1-15H. The molecule has 0 aliphatic rings. The molecule has 3 aromatic rings. The Bertz CT molecular complexity index is 1070. The third-order valence-electron chi connectivity index (χ3n) is 3.59. The third-order valence-corrected chi connectivity index (χ3v) is 5.27. The van der Waals surface area contributed by atoms with E-state index in [1.165, 1.54) is 18.2 Å². The molecule has 26 heavy (non-hydrogen) atoms. The van der Waals surface area contributed by atoms with Crippen LogP contribution in [-0.4, -0.2) is 8.42 Å². The van der Waals surface area contributed by atoms with Gasteiger partial charge >= 0.3 is 0 Å². The van der Waals surface area contributed by atoms with E-state index in [4.69, 9.17) is 4.74 Å². The van der Waals surface area contributed by atoms with Crippen LogP contribution in [0.1, 0.15) is 5.56 Å². The maximum Gasteiger partial charge on any atom is 0.216 e. The maximum atomic E-state index is 12.6. The van der Waals surface area contributed by atoms with E-state index < -0.39 is 9.84 Å². The highest BCUT2D eigenvalue weighted by molar-refractivity contribution is 7.95. The Morgan fingerprint density at radius 2 is 1.46 bits per heavy atom. The second kappa shape index (κ2) is 7.68. The van der Waals surface area contributed by atoms with Crippen molar-refractivity contribution in [3.63, 3.8) is 0 Å². The zero-order valence-corrected chi connectivity index (χ0v) is 14.6. The van der Waals surface area contributed by atoms with Gasteiger partial charge in [0.15, 0.2) is 0 Å². The molecule has 4 nitrogen and oxygen atoms in total. The van der Waals surface area contributed by atoms with E-state index in [1.807, 2.05) is 30.3 Å². The molecule has 0 amide bonds. The number of para-hydroxylation sites is 1. The van der Waals surface area contributed by atoms with Crippen molar-refractivity contribution < 1.29 is 13.2 Å². The summed E-state index contributed by atoms with van der Waals surface area (Å²) in [6.45, 7) is 0. The number of hydrogen-bond donors (Lipinski definition) is 0. The summed E-state index contributed by atoms with van der Waals surface area (Å²) in [6, 6.07) is 25.9. The van der Waals surface area contributed by atoms with E-state index in [1.54, 1.807) is 48.5 Å². The fourth-order valence-corrected chi connectivity index (χ4v) is 3.52. The second-order valence-corrected chi connectivity index (χ2v) is 7.34. The van der Waals surface area contributed by atoms with Crippen molar-refractivity contribution in [2.45, 2.75) is 4.90 Å². The summed E-state index contributed by atoms with van der Waals surface area (Å²) < 4.78 is 31.0. The van der Waals surface area contributed by atoms with Crippen molar-refractivity contribution in [1.29, 1.82) is 5.26 Å². The highest BCUT2D eigenvalue weighted by Crippen LogP contribution is 2.25. The molecule has 128 valence electrons. The smallest absolute Gasteiger partial charge is 0.216 e. The van der Waals surface area contributed by atoms with Gasteiger partial charge in [-0.1, -0.05) is 48.5 Å². The number of hydrogen-bond acceptors (Lipinski definition) is 4. The predicted molar refractivity (Wildman–Crippen MR) is 100 cm³/mol. The van der Waals surface area contributed by atoms with Crippen LogP contribution >= 0.6 is 0 Å². The molecule has 3 aromatic carbocycles. The summed E-state index contributed by atoms with van der Waals surface area (Å²) in [7, 11) is -3.86. The Morgan fingerprint density at radius 3 is 2.12 bits per heavy atom. The van der Waals surface area contributed by atoms with Gasteiger partial charge in [0, 0.05) is 0 Å². The summed E-state index contributed by atoms with van der Waals surface area (Å²) in [4.78, 5) is -0.231. The zero-order valence-electron chi connectivity index (χ0n) is 13.7. The molecule has 0 spiro atoms. The van der Waals surface area contributed by atoms with Crippen LogP contribution < -0.4 is 4.74 Å². The summed E-state index contributed by atoms with van der Waals surface area (Å²) in [5, 5.41) is 9.36. The van der Waals surface area contributed by atoms with Gasteiger partial charge in [0.25, 0.3) is 0 Å². The average molecular weight is 361 g/mol. The minimum absolute atomic E-state index is 0.0875. The summed E-state index contributed by atoms with van der Waals surface area (Å²) in [6.07, 6.45) is 1.35. The van der Waals surface area contributed by atoms with Crippen molar-refractivity contribution in [2.24, 2.45) is 0 Å². The van der Waals surface area contributed by atoms with E-state index in [0.29, 0.717) is 17.1 Å². The molecule has 3 rings (SSSR count). The van der Waals surface area contributed by atoms with Gasteiger partial charge in [0.2, 0.25) is 9.84 Å². The highest BCUT2D eigenvalue weighted by atomic mass is 32.2. The van der Waals surface area contributed by atoms with Gasteiger partial charge < -0.3 is 4.74 Å². The Kier molecular flexibility index (Phi) is 5.16. The molecule has 0 saturated carbocycles. The Morgan fingerprint density at radius 1 is 0.846 bits per heavy atom. The molecule has 0 radical (unpaired) electrons. The first-order valence-corrected chi connectivity index (χ1v) is 9.33. The van der Waals surface area contributed by atoms with E-state index in [9.17, 15) is 13.7 Å². The van der Waals surface area contributed by atoms with E-state index in [-0.39, 0.29) is 9.80 Å². The topological polar surface area (TPSA) is 67.2 Å². The molecule has 0 N–H and O–H groups in total. The first kappa shape index (κ1) is 17.5. The lowest BCUT2D eigenvalue weighted by Gasteiger charge is -2.07.